The number of benzene rings is 1. The second-order valence-corrected chi connectivity index (χ2v) is 4.35. The molecule has 0 bridgehead atoms. The van der Waals surface area contributed by atoms with Crippen molar-refractivity contribution in [3.63, 3.8) is 0 Å². The lowest BCUT2D eigenvalue weighted by Crippen LogP contribution is -2.35. The Morgan fingerprint density at radius 1 is 1.50 bits per heavy atom. The molecule has 1 aromatic rings. The number of hydrogen-bond donors (Lipinski definition) is 1. The molecule has 0 fully saturated rings. The zero-order chi connectivity index (χ0) is 11.7. The maximum Gasteiger partial charge on any atom is 0.241 e. The van der Waals surface area contributed by atoms with Crippen molar-refractivity contribution in [2.75, 3.05) is 37.8 Å². The first-order chi connectivity index (χ1) is 7.58. The number of likely N-dealkylation sites (N-methyl/N-ethyl adjacent to an activating group) is 1. The Morgan fingerprint density at radius 3 is 2.94 bits per heavy atom. The van der Waals surface area contributed by atoms with Crippen molar-refractivity contribution < 1.29 is 4.79 Å². The fraction of sp³-hybridized carbons (Fsp3) is 0.417. The lowest BCUT2D eigenvalue weighted by molar-refractivity contribution is -0.127. The summed E-state index contributed by atoms with van der Waals surface area (Å²) in [6, 6.07) is 5.88. The molecule has 1 aliphatic rings. The van der Waals surface area contributed by atoms with Gasteiger partial charge in [0, 0.05) is 32.0 Å². The van der Waals surface area contributed by atoms with Gasteiger partial charge in [-0.15, -0.1) is 0 Å². The van der Waals surface area contributed by atoms with E-state index in [2.05, 4.69) is 4.90 Å². The van der Waals surface area contributed by atoms with Crippen molar-refractivity contribution in [2.45, 2.75) is 6.42 Å². The molecular weight excluding hydrogens is 202 g/mol. The number of nitrogens with zero attached hydrogens (tertiary/aromatic N) is 2. The van der Waals surface area contributed by atoms with Crippen LogP contribution in [0.2, 0.25) is 0 Å². The maximum absolute atomic E-state index is 11.6. The molecule has 86 valence electrons. The van der Waals surface area contributed by atoms with Gasteiger partial charge in [-0.25, -0.2) is 0 Å². The van der Waals surface area contributed by atoms with E-state index in [9.17, 15) is 4.79 Å². The summed E-state index contributed by atoms with van der Waals surface area (Å²) in [7, 11) is 3.56. The predicted octanol–water partition coefficient (Wildman–Crippen LogP) is 0.720. The molecule has 4 heteroatoms. The SMILES string of the molecule is CN(C)C(=O)CN1CCc2cc(N)ccc21. The molecule has 0 saturated heterocycles. The molecule has 0 aliphatic carbocycles. The van der Waals surface area contributed by atoms with Crippen molar-refractivity contribution in [1.29, 1.82) is 0 Å². The van der Waals surface area contributed by atoms with Crippen molar-refractivity contribution >= 4 is 17.3 Å². The first-order valence-electron chi connectivity index (χ1n) is 5.41. The van der Waals surface area contributed by atoms with Gasteiger partial charge in [0.05, 0.1) is 6.54 Å². The minimum absolute atomic E-state index is 0.129. The Kier molecular flexibility index (Phi) is 2.73. The van der Waals surface area contributed by atoms with Crippen LogP contribution < -0.4 is 10.6 Å². The van der Waals surface area contributed by atoms with Gasteiger partial charge in [-0.05, 0) is 30.2 Å². The summed E-state index contributed by atoms with van der Waals surface area (Å²) >= 11 is 0. The van der Waals surface area contributed by atoms with Crippen LogP contribution in [0.1, 0.15) is 5.56 Å². The van der Waals surface area contributed by atoms with E-state index in [4.69, 9.17) is 5.73 Å². The first kappa shape index (κ1) is 10.8. The van der Waals surface area contributed by atoms with Crippen molar-refractivity contribution in [3.8, 4) is 0 Å². The van der Waals surface area contributed by atoms with E-state index in [0.717, 1.165) is 24.3 Å². The molecule has 1 aliphatic heterocycles. The highest BCUT2D eigenvalue weighted by molar-refractivity contribution is 5.82. The minimum atomic E-state index is 0.129. The quantitative estimate of drug-likeness (QED) is 0.746. The van der Waals surface area contributed by atoms with Gasteiger partial charge in [0.1, 0.15) is 0 Å². The average Bonchev–Trinajstić information content (AvgIpc) is 2.60. The molecule has 0 atom stereocenters. The van der Waals surface area contributed by atoms with E-state index >= 15 is 0 Å². The summed E-state index contributed by atoms with van der Waals surface area (Å²) in [5, 5.41) is 0. The molecule has 0 radical (unpaired) electrons. The lowest BCUT2D eigenvalue weighted by Gasteiger charge is -2.21. The Bertz CT molecular complexity index is 415. The summed E-state index contributed by atoms with van der Waals surface area (Å²) in [4.78, 5) is 15.4. The Balaban J connectivity index is 2.15. The molecule has 16 heavy (non-hydrogen) atoms. The molecule has 0 saturated carbocycles. The molecule has 0 spiro atoms. The zero-order valence-corrected chi connectivity index (χ0v) is 9.73. The number of amides is 1. The Hall–Kier alpha value is -1.71. The number of fused-ring (bicyclic) bond motifs is 1. The van der Waals surface area contributed by atoms with E-state index in [0.29, 0.717) is 6.54 Å². The summed E-state index contributed by atoms with van der Waals surface area (Å²) in [5.74, 6) is 0.129. The normalized spacial score (nSPS) is 13.8. The van der Waals surface area contributed by atoms with Crippen LogP contribution in [0.5, 0.6) is 0 Å². The van der Waals surface area contributed by atoms with Crippen LogP contribution in [-0.2, 0) is 11.2 Å². The second-order valence-electron chi connectivity index (χ2n) is 4.35. The number of nitrogens with two attached hydrogens (primary N) is 1. The number of carbonyl (C=O) groups excluding carboxylic acids is 1. The topological polar surface area (TPSA) is 49.6 Å². The fourth-order valence-electron chi connectivity index (χ4n) is 1.96. The Labute approximate surface area is 95.6 Å². The zero-order valence-electron chi connectivity index (χ0n) is 9.73. The number of anilines is 2. The number of nitrogen functional groups attached to an aromatic ring is 1. The summed E-state index contributed by atoms with van der Waals surface area (Å²) in [6.07, 6.45) is 0.973. The van der Waals surface area contributed by atoms with Crippen LogP contribution in [0.3, 0.4) is 0 Å². The van der Waals surface area contributed by atoms with Gasteiger partial charge in [0.15, 0.2) is 0 Å². The molecule has 4 nitrogen and oxygen atoms in total. The van der Waals surface area contributed by atoms with Crippen LogP contribution >= 0.6 is 0 Å². The van der Waals surface area contributed by atoms with Gasteiger partial charge in [-0.3, -0.25) is 4.79 Å². The molecule has 1 heterocycles. The fourth-order valence-corrected chi connectivity index (χ4v) is 1.96. The van der Waals surface area contributed by atoms with Crippen LogP contribution in [0.25, 0.3) is 0 Å². The number of carbonyl (C=O) groups is 1. The summed E-state index contributed by atoms with van der Waals surface area (Å²) < 4.78 is 0. The average molecular weight is 219 g/mol. The smallest absolute Gasteiger partial charge is 0.241 e. The third kappa shape index (κ3) is 1.96. The van der Waals surface area contributed by atoms with Crippen LogP contribution in [0.15, 0.2) is 18.2 Å². The lowest BCUT2D eigenvalue weighted by atomic mass is 10.1. The van der Waals surface area contributed by atoms with Crippen molar-refractivity contribution in [3.05, 3.63) is 23.8 Å². The molecular formula is C12H17N3O. The molecule has 2 rings (SSSR count). The van der Waals surface area contributed by atoms with Crippen LogP contribution in [0, 0.1) is 0 Å². The van der Waals surface area contributed by atoms with Gasteiger partial charge < -0.3 is 15.5 Å². The molecule has 0 aromatic heterocycles. The van der Waals surface area contributed by atoms with E-state index in [1.807, 2.05) is 18.2 Å². The van der Waals surface area contributed by atoms with E-state index in [1.165, 1.54) is 5.56 Å². The van der Waals surface area contributed by atoms with Crippen molar-refractivity contribution in [1.82, 2.24) is 4.90 Å². The predicted molar refractivity (Wildman–Crippen MR) is 65.5 cm³/mol. The number of hydrogen-bond acceptors (Lipinski definition) is 3. The van der Waals surface area contributed by atoms with E-state index < -0.39 is 0 Å². The monoisotopic (exact) mass is 219 g/mol. The van der Waals surface area contributed by atoms with Gasteiger partial charge in [0.25, 0.3) is 0 Å². The Morgan fingerprint density at radius 2 is 2.25 bits per heavy atom. The second kappa shape index (κ2) is 4.04. The largest absolute Gasteiger partial charge is 0.399 e. The molecule has 0 unspecified atom stereocenters. The van der Waals surface area contributed by atoms with E-state index in [-0.39, 0.29) is 5.91 Å². The summed E-state index contributed by atoms with van der Waals surface area (Å²) in [6.45, 7) is 1.35. The molecule has 2 N–H and O–H groups in total. The highest BCUT2D eigenvalue weighted by Gasteiger charge is 2.21. The highest BCUT2D eigenvalue weighted by atomic mass is 16.2. The third-order valence-corrected chi connectivity index (χ3v) is 2.92. The number of rotatable bonds is 2. The highest BCUT2D eigenvalue weighted by Crippen LogP contribution is 2.29. The summed E-state index contributed by atoms with van der Waals surface area (Å²) in [5.41, 5.74) is 8.91. The van der Waals surface area contributed by atoms with Crippen LogP contribution in [0.4, 0.5) is 11.4 Å². The van der Waals surface area contributed by atoms with Crippen molar-refractivity contribution in [2.24, 2.45) is 0 Å². The molecule has 1 aromatic carbocycles. The van der Waals surface area contributed by atoms with Gasteiger partial charge in [0.2, 0.25) is 5.91 Å². The first-order valence-corrected chi connectivity index (χ1v) is 5.41. The standard InChI is InChI=1S/C12H17N3O/c1-14(2)12(16)8-15-6-5-9-7-10(13)3-4-11(9)15/h3-4,7H,5-6,8,13H2,1-2H3. The van der Waals surface area contributed by atoms with Gasteiger partial charge in [-0.1, -0.05) is 0 Å². The van der Waals surface area contributed by atoms with E-state index in [1.54, 1.807) is 19.0 Å². The van der Waals surface area contributed by atoms with Gasteiger partial charge in [-0.2, -0.15) is 0 Å². The minimum Gasteiger partial charge on any atom is -0.399 e. The maximum atomic E-state index is 11.6. The molecule has 1 amide bonds. The van der Waals surface area contributed by atoms with Crippen LogP contribution in [-0.4, -0.2) is 38.0 Å². The third-order valence-electron chi connectivity index (χ3n) is 2.92. The van der Waals surface area contributed by atoms with Gasteiger partial charge >= 0.3 is 0 Å².